The van der Waals surface area contributed by atoms with Crippen molar-refractivity contribution >= 4 is 49.0 Å². The number of carbonyl (C=O) groups excluding carboxylic acids is 2. The van der Waals surface area contributed by atoms with Crippen molar-refractivity contribution in [3.05, 3.63) is 41.1 Å². The Kier molecular flexibility index (Phi) is 8.74. The molecule has 0 bridgehead atoms. The predicted molar refractivity (Wildman–Crippen MR) is 152 cm³/mol. The summed E-state index contributed by atoms with van der Waals surface area (Å²) in [6, 6.07) is -1.96. The number of hydrogen-bond acceptors (Lipinski definition) is 8. The summed E-state index contributed by atoms with van der Waals surface area (Å²) in [7, 11) is 23.7. The number of halogens is 4. The van der Waals surface area contributed by atoms with Gasteiger partial charge in [-0.2, -0.15) is 5.10 Å². The molecule has 12 nitrogen and oxygen atoms in total. The number of nitrogens with zero attached hydrogens (tertiary/aromatic N) is 6. The van der Waals surface area contributed by atoms with Gasteiger partial charge in [0.25, 0.3) is 11.8 Å². The fraction of sp³-hybridized carbons (Fsp3) is 0.600. The van der Waals surface area contributed by atoms with E-state index in [0.717, 1.165) is 12.8 Å². The van der Waals surface area contributed by atoms with Gasteiger partial charge in [0.1, 0.15) is 5.69 Å². The van der Waals surface area contributed by atoms with Gasteiger partial charge in [0, 0.05) is 35.2 Å². The molecule has 4 heterocycles. The molecule has 45 heavy (non-hydrogen) atoms. The lowest BCUT2D eigenvalue weighted by molar-refractivity contribution is -0.108. The minimum atomic E-state index is -4.22. The second kappa shape index (κ2) is 12.0. The molecule has 5 rings (SSSR count). The number of nitrogens with one attached hydrogen (secondary N) is 2. The monoisotopic (exact) mass is 622 g/mol. The van der Waals surface area contributed by atoms with Crippen LogP contribution >= 0.6 is 0 Å². The number of ether oxygens (including phenoxy) is 1. The molecule has 3 aromatic rings. The SMILES string of the molecule is [B]C1([B])NC(=O)N(C(COC)c2cnn3cc(C(CCC(C)C(F)F)NC(=O)c4nonc4C4CC4)nc3c2)C([B])([B])C1(F)F. The van der Waals surface area contributed by atoms with E-state index in [0.29, 0.717) is 10.6 Å². The highest BCUT2D eigenvalue weighted by Gasteiger charge is 2.64. The van der Waals surface area contributed by atoms with Crippen molar-refractivity contribution in [1.82, 2.24) is 40.4 Å². The third-order valence-corrected chi connectivity index (χ3v) is 8.03. The number of urea groups is 1. The van der Waals surface area contributed by atoms with Crippen molar-refractivity contribution in [2.75, 3.05) is 13.7 Å². The molecule has 2 N–H and O–H groups in total. The van der Waals surface area contributed by atoms with Crippen LogP contribution in [0.2, 0.25) is 0 Å². The first-order chi connectivity index (χ1) is 21.1. The van der Waals surface area contributed by atoms with E-state index in [1.54, 1.807) is 0 Å². The van der Waals surface area contributed by atoms with E-state index < -0.39 is 53.0 Å². The van der Waals surface area contributed by atoms with Crippen LogP contribution in [0.25, 0.3) is 5.65 Å². The molecule has 230 valence electrons. The lowest BCUT2D eigenvalue weighted by atomic mass is 9.43. The lowest BCUT2D eigenvalue weighted by Crippen LogP contribution is -2.83. The number of fused-ring (bicyclic) bond motifs is 1. The van der Waals surface area contributed by atoms with E-state index in [1.165, 1.54) is 37.0 Å². The third-order valence-electron chi connectivity index (χ3n) is 8.03. The van der Waals surface area contributed by atoms with E-state index in [9.17, 15) is 18.4 Å². The van der Waals surface area contributed by atoms with Crippen molar-refractivity contribution in [2.24, 2.45) is 5.92 Å². The minimum absolute atomic E-state index is 0.00127. The van der Waals surface area contributed by atoms with Gasteiger partial charge in [-0.15, -0.1) is 0 Å². The van der Waals surface area contributed by atoms with Crippen LogP contribution in [-0.4, -0.2) is 110 Å². The zero-order chi connectivity index (χ0) is 32.9. The van der Waals surface area contributed by atoms with Crippen molar-refractivity contribution in [2.45, 2.75) is 73.6 Å². The molecular formula is C25H26B4F4N8O4. The Balaban J connectivity index is 1.47. The number of carbonyl (C=O) groups is 2. The van der Waals surface area contributed by atoms with Crippen LogP contribution in [-0.2, 0) is 4.74 Å². The molecule has 3 aromatic heterocycles. The summed E-state index contributed by atoms with van der Waals surface area (Å²) in [5, 5.41) is 10.2. The molecule has 20 heteroatoms. The van der Waals surface area contributed by atoms with E-state index in [-0.39, 0.29) is 48.0 Å². The van der Waals surface area contributed by atoms with Gasteiger partial charge in [0.05, 0.1) is 68.2 Å². The molecule has 8 radical (unpaired) electrons. The largest absolute Gasteiger partial charge is 0.382 e. The summed E-state index contributed by atoms with van der Waals surface area (Å²) >= 11 is 0. The van der Waals surface area contributed by atoms with E-state index >= 15 is 8.78 Å². The van der Waals surface area contributed by atoms with Crippen molar-refractivity contribution in [3.8, 4) is 0 Å². The number of aromatic nitrogens is 5. The van der Waals surface area contributed by atoms with Gasteiger partial charge >= 0.3 is 6.03 Å². The molecule has 3 amide bonds. The first-order valence-corrected chi connectivity index (χ1v) is 14.0. The smallest absolute Gasteiger partial charge is 0.316 e. The number of alkyl halides is 4. The van der Waals surface area contributed by atoms with Gasteiger partial charge < -0.3 is 20.3 Å². The molecule has 1 saturated heterocycles. The van der Waals surface area contributed by atoms with Gasteiger partial charge in [-0.25, -0.2) is 36.5 Å². The third kappa shape index (κ3) is 6.04. The fourth-order valence-corrected chi connectivity index (χ4v) is 5.16. The highest BCUT2D eigenvalue weighted by atomic mass is 19.3. The van der Waals surface area contributed by atoms with Crippen LogP contribution in [0, 0.1) is 5.92 Å². The maximum absolute atomic E-state index is 15.2. The standard InChI is InChI=1S/C25H26B4F4N8O4/c1-11(20(30)31)3-6-14(36-21(42)19-18(12-4-5-12)38-45-39-19)15-9-40-17(35-15)7-13(8-34-40)16(10-44-2)41-22(43)37-24(26,27)23(32,33)25(41,28)29/h7-9,11-12,14,16,20H,3-6,10H2,1-2H3,(H,36,42)(H,37,43). The van der Waals surface area contributed by atoms with E-state index in [4.69, 9.17) is 40.8 Å². The second-order valence-corrected chi connectivity index (χ2v) is 11.5. The summed E-state index contributed by atoms with van der Waals surface area (Å²) in [6.07, 6.45) is 1.93. The highest BCUT2D eigenvalue weighted by molar-refractivity contribution is 6.48. The molecule has 0 aromatic carbocycles. The Bertz CT molecular complexity index is 1570. The van der Waals surface area contributed by atoms with E-state index in [2.05, 4.69) is 25.7 Å². The van der Waals surface area contributed by atoms with Crippen LogP contribution in [0.15, 0.2) is 23.1 Å². The Morgan fingerprint density at radius 2 is 1.93 bits per heavy atom. The first-order valence-electron chi connectivity index (χ1n) is 14.0. The second-order valence-electron chi connectivity index (χ2n) is 11.5. The molecular weight excluding hydrogens is 596 g/mol. The lowest BCUT2D eigenvalue weighted by Gasteiger charge is -2.58. The topological polar surface area (TPSA) is 140 Å². The highest BCUT2D eigenvalue weighted by Crippen LogP contribution is 2.43. The molecule has 2 aliphatic rings. The van der Waals surface area contributed by atoms with Crippen LogP contribution in [0.3, 0.4) is 0 Å². The Morgan fingerprint density at radius 1 is 1.22 bits per heavy atom. The van der Waals surface area contributed by atoms with Crippen molar-refractivity contribution in [1.29, 1.82) is 0 Å². The van der Waals surface area contributed by atoms with Crippen LogP contribution in [0.1, 0.15) is 78.0 Å². The normalized spacial score (nSPS) is 21.0. The molecule has 2 fully saturated rings. The molecule has 1 aliphatic carbocycles. The summed E-state index contributed by atoms with van der Waals surface area (Å²) < 4.78 is 68.3. The number of imidazole rings is 1. The first kappa shape index (κ1) is 32.8. The zero-order valence-corrected chi connectivity index (χ0v) is 24.3. The van der Waals surface area contributed by atoms with Crippen LogP contribution < -0.4 is 10.6 Å². The van der Waals surface area contributed by atoms with Crippen molar-refractivity contribution in [3.63, 3.8) is 0 Å². The van der Waals surface area contributed by atoms with Gasteiger partial charge in [0.15, 0.2) is 11.3 Å². The fourth-order valence-electron chi connectivity index (χ4n) is 5.16. The maximum atomic E-state index is 15.2. The van der Waals surface area contributed by atoms with Gasteiger partial charge in [-0.05, 0) is 36.9 Å². The summed E-state index contributed by atoms with van der Waals surface area (Å²) in [4.78, 5) is 31.1. The molecule has 3 atom stereocenters. The van der Waals surface area contributed by atoms with Crippen molar-refractivity contribution < 1.29 is 36.5 Å². The summed E-state index contributed by atoms with van der Waals surface area (Å²) in [5.41, 5.74) is 0.972. The van der Waals surface area contributed by atoms with Gasteiger partial charge in [-0.3, -0.25) is 4.79 Å². The zero-order valence-electron chi connectivity index (χ0n) is 24.3. The number of rotatable bonds is 12. The summed E-state index contributed by atoms with van der Waals surface area (Å²) in [6.45, 7) is 1.03. The quantitative estimate of drug-likeness (QED) is 0.229. The Hall–Kier alpha value is -3.56. The Morgan fingerprint density at radius 3 is 2.58 bits per heavy atom. The van der Waals surface area contributed by atoms with Gasteiger partial charge in [-0.1, -0.05) is 12.1 Å². The maximum Gasteiger partial charge on any atom is 0.316 e. The average molecular weight is 622 g/mol. The van der Waals surface area contributed by atoms with Crippen LogP contribution in [0.4, 0.5) is 22.4 Å². The molecule has 1 aliphatic heterocycles. The average Bonchev–Trinajstić information content (AvgIpc) is 3.52. The molecule has 0 spiro atoms. The molecule has 3 unspecified atom stereocenters. The Labute approximate surface area is 260 Å². The number of methoxy groups -OCH3 is 1. The van der Waals surface area contributed by atoms with Crippen LogP contribution in [0.5, 0.6) is 0 Å². The molecule has 1 saturated carbocycles. The number of amides is 3. The predicted octanol–water partition coefficient (Wildman–Crippen LogP) is 1.47. The number of hydrogen-bond donors (Lipinski definition) is 2. The minimum Gasteiger partial charge on any atom is -0.382 e. The van der Waals surface area contributed by atoms with Gasteiger partial charge in [0.2, 0.25) is 6.43 Å². The van der Waals surface area contributed by atoms with E-state index in [1.807, 2.05) is 5.32 Å². The summed E-state index contributed by atoms with van der Waals surface area (Å²) in [5.74, 6) is -5.76.